The van der Waals surface area contributed by atoms with E-state index in [1.54, 1.807) is 13.0 Å². The molecule has 1 aromatic rings. The molecule has 0 radical (unpaired) electrons. The maximum absolute atomic E-state index is 11.4. The van der Waals surface area contributed by atoms with Crippen LogP contribution in [0.25, 0.3) is 0 Å². The van der Waals surface area contributed by atoms with Gasteiger partial charge in [-0.2, -0.15) is 0 Å². The molecule has 0 unspecified atom stereocenters. The molecule has 0 atom stereocenters. The Bertz CT molecular complexity index is 569. The van der Waals surface area contributed by atoms with Crippen LogP contribution in [0.15, 0.2) is 23.1 Å². The van der Waals surface area contributed by atoms with Crippen molar-refractivity contribution in [2.24, 2.45) is 0 Å². The maximum atomic E-state index is 11.4. The second kappa shape index (κ2) is 6.25. The lowest BCUT2D eigenvalue weighted by Gasteiger charge is -2.12. The summed E-state index contributed by atoms with van der Waals surface area (Å²) < 4.78 is 28.0. The summed E-state index contributed by atoms with van der Waals surface area (Å²) in [5.41, 5.74) is 0.734. The highest BCUT2D eigenvalue weighted by molar-refractivity contribution is 8.13. The van der Waals surface area contributed by atoms with Crippen molar-refractivity contribution < 1.29 is 17.9 Å². The quantitative estimate of drug-likeness (QED) is 0.842. The highest BCUT2D eigenvalue weighted by atomic mass is 35.7. The zero-order valence-electron chi connectivity index (χ0n) is 10.9. The number of benzene rings is 1. The number of amides is 1. The van der Waals surface area contributed by atoms with E-state index in [1.807, 2.05) is 13.8 Å². The smallest absolute Gasteiger partial charge is 0.264 e. The van der Waals surface area contributed by atoms with Crippen molar-refractivity contribution in [3.8, 4) is 5.75 Å². The number of ether oxygens (including phenoxy) is 1. The highest BCUT2D eigenvalue weighted by Gasteiger charge is 2.18. The summed E-state index contributed by atoms with van der Waals surface area (Å²) in [5, 5.41) is 2.64. The van der Waals surface area contributed by atoms with E-state index in [4.69, 9.17) is 15.4 Å². The number of hydrogen-bond donors (Lipinski definition) is 1. The van der Waals surface area contributed by atoms with Crippen LogP contribution < -0.4 is 10.1 Å². The minimum atomic E-state index is -3.91. The van der Waals surface area contributed by atoms with Gasteiger partial charge in [-0.3, -0.25) is 4.79 Å². The summed E-state index contributed by atoms with van der Waals surface area (Å²) in [6.45, 7) is 5.11. The van der Waals surface area contributed by atoms with Gasteiger partial charge in [0.2, 0.25) is 0 Å². The molecule has 0 aliphatic rings. The second-order valence-corrected chi connectivity index (χ2v) is 6.93. The van der Waals surface area contributed by atoms with Crippen molar-refractivity contribution in [1.29, 1.82) is 0 Å². The first-order chi connectivity index (χ1) is 8.70. The fraction of sp³-hybridized carbons (Fsp3) is 0.417. The van der Waals surface area contributed by atoms with Gasteiger partial charge in [-0.25, -0.2) is 8.42 Å². The van der Waals surface area contributed by atoms with Gasteiger partial charge in [-0.15, -0.1) is 0 Å². The van der Waals surface area contributed by atoms with E-state index in [1.165, 1.54) is 12.1 Å². The molecule has 7 heteroatoms. The molecule has 106 valence electrons. The van der Waals surface area contributed by atoms with Crippen LogP contribution in [0.2, 0.25) is 0 Å². The summed E-state index contributed by atoms with van der Waals surface area (Å²) in [5.74, 6) is -0.256. The van der Waals surface area contributed by atoms with Gasteiger partial charge in [-0.1, -0.05) is 6.07 Å². The van der Waals surface area contributed by atoms with Crippen LogP contribution in [0, 0.1) is 6.92 Å². The molecule has 0 spiro atoms. The van der Waals surface area contributed by atoms with E-state index in [9.17, 15) is 13.2 Å². The van der Waals surface area contributed by atoms with Gasteiger partial charge in [0, 0.05) is 16.7 Å². The highest BCUT2D eigenvalue weighted by Crippen LogP contribution is 2.27. The minimum absolute atomic E-state index is 0.00894. The standard InChI is InChI=1S/C12H16ClNO4S/c1-8(2)14-12(15)7-18-10-5-4-9(3)6-11(10)19(13,16)17/h4-6,8H,7H2,1-3H3,(H,14,15). The number of halogens is 1. The minimum Gasteiger partial charge on any atom is -0.482 e. The molecule has 1 aromatic carbocycles. The molecule has 0 saturated heterocycles. The van der Waals surface area contributed by atoms with Crippen LogP contribution in [0.4, 0.5) is 0 Å². The number of rotatable bonds is 5. The number of hydrogen-bond acceptors (Lipinski definition) is 4. The summed E-state index contributed by atoms with van der Waals surface area (Å²) in [6.07, 6.45) is 0. The third-order valence-electron chi connectivity index (χ3n) is 2.17. The topological polar surface area (TPSA) is 72.5 Å². The number of carbonyl (C=O) groups is 1. The molecule has 0 heterocycles. The molecule has 1 amide bonds. The Hall–Kier alpha value is -1.27. The molecule has 0 aliphatic heterocycles. The van der Waals surface area contributed by atoms with E-state index in [0.29, 0.717) is 0 Å². The number of aryl methyl sites for hydroxylation is 1. The molecule has 0 fully saturated rings. The van der Waals surface area contributed by atoms with E-state index < -0.39 is 9.05 Å². The van der Waals surface area contributed by atoms with Crippen molar-refractivity contribution in [1.82, 2.24) is 5.32 Å². The zero-order chi connectivity index (χ0) is 14.6. The molecule has 0 bridgehead atoms. The van der Waals surface area contributed by atoms with Crippen molar-refractivity contribution in [2.45, 2.75) is 31.7 Å². The monoisotopic (exact) mass is 305 g/mol. The fourth-order valence-electron chi connectivity index (χ4n) is 1.43. The predicted molar refractivity (Wildman–Crippen MR) is 73.0 cm³/mol. The van der Waals surface area contributed by atoms with Crippen molar-refractivity contribution in [2.75, 3.05) is 6.61 Å². The first-order valence-corrected chi connectivity index (χ1v) is 7.98. The van der Waals surface area contributed by atoms with Gasteiger partial charge in [0.15, 0.2) is 6.61 Å². The van der Waals surface area contributed by atoms with Crippen molar-refractivity contribution >= 4 is 25.6 Å². The Morgan fingerprint density at radius 3 is 2.58 bits per heavy atom. The van der Waals surface area contributed by atoms with Gasteiger partial charge in [0.05, 0.1) is 0 Å². The Kier molecular flexibility index (Phi) is 5.20. The summed E-state index contributed by atoms with van der Waals surface area (Å²) in [7, 11) is 1.42. The lowest BCUT2D eigenvalue weighted by atomic mass is 10.2. The number of carbonyl (C=O) groups excluding carboxylic acids is 1. The van der Waals surface area contributed by atoms with E-state index in [2.05, 4.69) is 5.32 Å². The average Bonchev–Trinajstić information content (AvgIpc) is 2.25. The molecule has 1 rings (SSSR count). The van der Waals surface area contributed by atoms with Crippen LogP contribution >= 0.6 is 10.7 Å². The van der Waals surface area contributed by atoms with Crippen molar-refractivity contribution in [3.63, 3.8) is 0 Å². The van der Waals surface area contributed by atoms with Crippen LogP contribution in [0.1, 0.15) is 19.4 Å². The average molecular weight is 306 g/mol. The summed E-state index contributed by atoms with van der Waals surface area (Å²) >= 11 is 0. The molecule has 0 saturated carbocycles. The Morgan fingerprint density at radius 1 is 1.42 bits per heavy atom. The van der Waals surface area contributed by atoms with E-state index >= 15 is 0 Å². The Labute approximate surface area is 117 Å². The third-order valence-corrected chi connectivity index (χ3v) is 3.51. The Morgan fingerprint density at radius 2 is 2.05 bits per heavy atom. The largest absolute Gasteiger partial charge is 0.482 e. The molecular formula is C12H16ClNO4S. The fourth-order valence-corrected chi connectivity index (χ4v) is 2.49. The molecular weight excluding hydrogens is 290 g/mol. The normalized spacial score (nSPS) is 11.4. The second-order valence-electron chi connectivity index (χ2n) is 4.40. The van der Waals surface area contributed by atoms with Gasteiger partial charge in [0.25, 0.3) is 15.0 Å². The van der Waals surface area contributed by atoms with Gasteiger partial charge >= 0.3 is 0 Å². The van der Waals surface area contributed by atoms with E-state index in [-0.39, 0.29) is 29.2 Å². The van der Waals surface area contributed by atoms with Crippen LogP contribution in [0.3, 0.4) is 0 Å². The molecule has 1 N–H and O–H groups in total. The first kappa shape index (κ1) is 15.8. The zero-order valence-corrected chi connectivity index (χ0v) is 12.5. The summed E-state index contributed by atoms with van der Waals surface area (Å²) in [6, 6.07) is 4.55. The molecule has 5 nitrogen and oxygen atoms in total. The lowest BCUT2D eigenvalue weighted by molar-refractivity contribution is -0.123. The number of nitrogens with one attached hydrogen (secondary N) is 1. The summed E-state index contributed by atoms with van der Waals surface area (Å²) in [4.78, 5) is 11.3. The van der Waals surface area contributed by atoms with Gasteiger partial charge in [-0.05, 0) is 38.5 Å². The van der Waals surface area contributed by atoms with Crippen molar-refractivity contribution in [3.05, 3.63) is 23.8 Å². The molecule has 0 aromatic heterocycles. The van der Waals surface area contributed by atoms with Crippen LogP contribution in [-0.2, 0) is 13.8 Å². The first-order valence-electron chi connectivity index (χ1n) is 5.67. The molecule has 0 aliphatic carbocycles. The maximum Gasteiger partial charge on any atom is 0.264 e. The van der Waals surface area contributed by atoms with Crippen LogP contribution in [0.5, 0.6) is 5.75 Å². The molecule has 19 heavy (non-hydrogen) atoms. The Balaban J connectivity index is 2.88. The van der Waals surface area contributed by atoms with Gasteiger partial charge in [0.1, 0.15) is 10.6 Å². The lowest BCUT2D eigenvalue weighted by Crippen LogP contribution is -2.34. The van der Waals surface area contributed by atoms with Gasteiger partial charge < -0.3 is 10.1 Å². The third kappa shape index (κ3) is 5.08. The predicted octanol–water partition coefficient (Wildman–Crippen LogP) is 1.83. The van der Waals surface area contributed by atoms with Crippen LogP contribution in [-0.4, -0.2) is 27.0 Å². The SMILES string of the molecule is Cc1ccc(OCC(=O)NC(C)C)c(S(=O)(=O)Cl)c1. The van der Waals surface area contributed by atoms with E-state index in [0.717, 1.165) is 5.56 Å².